The van der Waals surface area contributed by atoms with Crippen LogP contribution in [0.15, 0.2) is 18.2 Å². The van der Waals surface area contributed by atoms with Crippen molar-refractivity contribution in [3.63, 3.8) is 0 Å². The number of aliphatic hydroxyl groups is 1. The third-order valence-electron chi connectivity index (χ3n) is 6.10. The Kier molecular flexibility index (Phi) is 8.04. The molecular formula is C24H36N6O2. The number of likely N-dealkylation sites (N-methyl/N-ethyl adjacent to an activating group) is 1. The zero-order valence-corrected chi connectivity index (χ0v) is 19.7. The summed E-state index contributed by atoms with van der Waals surface area (Å²) in [4.78, 5) is 25.2. The molecule has 2 aromatic rings. The number of rotatable bonds is 9. The van der Waals surface area contributed by atoms with Gasteiger partial charge in [0.05, 0.1) is 6.54 Å². The number of piperazine rings is 1. The predicted octanol–water partition coefficient (Wildman–Crippen LogP) is 2.51. The predicted molar refractivity (Wildman–Crippen MR) is 129 cm³/mol. The second kappa shape index (κ2) is 10.7. The molecule has 4 N–H and O–H groups in total. The second-order valence-corrected chi connectivity index (χ2v) is 8.71. The van der Waals surface area contributed by atoms with Gasteiger partial charge in [-0.3, -0.25) is 9.69 Å². The summed E-state index contributed by atoms with van der Waals surface area (Å²) in [6.45, 7) is 8.30. The first-order chi connectivity index (χ1) is 15.3. The summed E-state index contributed by atoms with van der Waals surface area (Å²) in [5.74, 6) is 1.11. The van der Waals surface area contributed by atoms with Crippen molar-refractivity contribution in [3.8, 4) is 0 Å². The lowest BCUT2D eigenvalue weighted by molar-refractivity contribution is -0.120. The number of nitrogens with one attached hydrogen (secondary N) is 1. The van der Waals surface area contributed by atoms with Crippen LogP contribution in [0.25, 0.3) is 0 Å². The van der Waals surface area contributed by atoms with Gasteiger partial charge in [0, 0.05) is 49.1 Å². The van der Waals surface area contributed by atoms with Crippen LogP contribution in [0.2, 0.25) is 0 Å². The van der Waals surface area contributed by atoms with Gasteiger partial charge in [0.25, 0.3) is 0 Å². The van der Waals surface area contributed by atoms with Crippen molar-refractivity contribution in [1.82, 2.24) is 14.9 Å². The highest BCUT2D eigenvalue weighted by atomic mass is 16.3. The molecule has 3 rings (SSSR count). The van der Waals surface area contributed by atoms with E-state index in [2.05, 4.69) is 41.3 Å². The Morgan fingerprint density at radius 2 is 2.00 bits per heavy atom. The summed E-state index contributed by atoms with van der Waals surface area (Å²) < 4.78 is 0. The van der Waals surface area contributed by atoms with E-state index in [1.54, 1.807) is 0 Å². The van der Waals surface area contributed by atoms with Crippen molar-refractivity contribution in [2.75, 3.05) is 49.2 Å². The van der Waals surface area contributed by atoms with E-state index in [4.69, 9.17) is 5.73 Å². The van der Waals surface area contributed by atoms with Gasteiger partial charge in [-0.25, -0.2) is 4.98 Å². The van der Waals surface area contributed by atoms with E-state index in [1.165, 1.54) is 0 Å². The Bertz CT molecular complexity index is 942. The topological polar surface area (TPSA) is 108 Å². The van der Waals surface area contributed by atoms with E-state index in [0.717, 1.165) is 53.3 Å². The molecule has 1 aromatic heterocycles. The third-order valence-corrected chi connectivity index (χ3v) is 6.10. The molecule has 0 saturated carbocycles. The normalized spacial score (nSPS) is 15.8. The molecule has 0 spiro atoms. The summed E-state index contributed by atoms with van der Waals surface area (Å²) in [6, 6.07) is 6.33. The van der Waals surface area contributed by atoms with Gasteiger partial charge in [-0.1, -0.05) is 19.4 Å². The first kappa shape index (κ1) is 23.9. The van der Waals surface area contributed by atoms with Gasteiger partial charge < -0.3 is 21.1 Å². The van der Waals surface area contributed by atoms with Gasteiger partial charge in [-0.05, 0) is 57.0 Å². The van der Waals surface area contributed by atoms with E-state index in [-0.39, 0.29) is 24.5 Å². The third kappa shape index (κ3) is 5.75. The maximum Gasteiger partial charge on any atom is 0.241 e. The number of nitrogens with two attached hydrogens (primary N) is 1. The average Bonchev–Trinajstić information content (AvgIpc) is 2.72. The number of benzene rings is 1. The summed E-state index contributed by atoms with van der Waals surface area (Å²) in [7, 11) is 1.97. The maximum absolute atomic E-state index is 12.5. The molecule has 1 atom stereocenters. The Balaban J connectivity index is 1.85. The number of aliphatic hydroxyl groups excluding tert-OH is 1. The van der Waals surface area contributed by atoms with E-state index < -0.39 is 0 Å². The van der Waals surface area contributed by atoms with E-state index in [1.807, 2.05) is 29.8 Å². The number of aromatic nitrogens is 2. The van der Waals surface area contributed by atoms with E-state index in [9.17, 15) is 9.90 Å². The number of carbonyl (C=O) groups excluding carboxylic acids is 1. The zero-order chi connectivity index (χ0) is 23.3. The zero-order valence-electron chi connectivity index (χ0n) is 19.7. The lowest BCUT2D eigenvalue weighted by Crippen LogP contribution is -2.48. The van der Waals surface area contributed by atoms with Gasteiger partial charge in [0.2, 0.25) is 11.9 Å². The Morgan fingerprint density at radius 3 is 2.66 bits per heavy atom. The SMILES string of the molecule is CCC[C@@H](CCO)Nc1nc(N)nc(C)c1Cc1ccc(N2CCN(C)CC2=O)cc1C. The van der Waals surface area contributed by atoms with Crippen molar-refractivity contribution >= 4 is 23.4 Å². The molecular weight excluding hydrogens is 404 g/mol. The van der Waals surface area contributed by atoms with Crippen LogP contribution in [0.5, 0.6) is 0 Å². The summed E-state index contributed by atoms with van der Waals surface area (Å²) in [5, 5.41) is 12.9. The van der Waals surface area contributed by atoms with Gasteiger partial charge in [0.15, 0.2) is 0 Å². The van der Waals surface area contributed by atoms with Gasteiger partial charge in [-0.15, -0.1) is 0 Å². The summed E-state index contributed by atoms with van der Waals surface area (Å²) in [5.41, 5.74) is 11.0. The Morgan fingerprint density at radius 1 is 1.22 bits per heavy atom. The molecule has 8 nitrogen and oxygen atoms in total. The Hall–Kier alpha value is -2.71. The molecule has 0 bridgehead atoms. The van der Waals surface area contributed by atoms with E-state index in [0.29, 0.717) is 25.9 Å². The van der Waals surface area contributed by atoms with Gasteiger partial charge in [-0.2, -0.15) is 4.98 Å². The second-order valence-electron chi connectivity index (χ2n) is 8.71. The van der Waals surface area contributed by atoms with Crippen LogP contribution >= 0.6 is 0 Å². The monoisotopic (exact) mass is 440 g/mol. The number of aryl methyl sites for hydroxylation is 2. The number of hydrogen-bond donors (Lipinski definition) is 3. The van der Waals surface area contributed by atoms with Crippen LogP contribution in [0, 0.1) is 13.8 Å². The van der Waals surface area contributed by atoms with Crippen LogP contribution in [0.3, 0.4) is 0 Å². The quantitative estimate of drug-likeness (QED) is 0.550. The molecule has 1 fully saturated rings. The highest BCUT2D eigenvalue weighted by Gasteiger charge is 2.23. The molecule has 174 valence electrons. The molecule has 32 heavy (non-hydrogen) atoms. The first-order valence-electron chi connectivity index (χ1n) is 11.4. The van der Waals surface area contributed by atoms with Crippen molar-refractivity contribution in [1.29, 1.82) is 0 Å². The summed E-state index contributed by atoms with van der Waals surface area (Å²) in [6.07, 6.45) is 3.27. The Labute approximate surface area is 190 Å². The maximum atomic E-state index is 12.5. The smallest absolute Gasteiger partial charge is 0.241 e. The molecule has 1 aliphatic rings. The minimum absolute atomic E-state index is 0.123. The minimum Gasteiger partial charge on any atom is -0.396 e. The number of anilines is 3. The number of amides is 1. The van der Waals surface area contributed by atoms with Crippen LogP contribution in [0.4, 0.5) is 17.5 Å². The fourth-order valence-electron chi connectivity index (χ4n) is 4.24. The average molecular weight is 441 g/mol. The number of hydrogen-bond acceptors (Lipinski definition) is 7. The van der Waals surface area contributed by atoms with Gasteiger partial charge >= 0.3 is 0 Å². The van der Waals surface area contributed by atoms with Gasteiger partial charge in [0.1, 0.15) is 5.82 Å². The minimum atomic E-state index is 0.123. The standard InChI is InChI=1S/C24H36N6O2/c1-5-6-19(9-12-31)27-23-21(17(3)26-24(25)28-23)14-18-7-8-20(13-16(18)2)30-11-10-29(4)15-22(30)32/h7-8,13,19,31H,5-6,9-12,14-15H2,1-4H3,(H3,25,26,27,28)/t19-/m0/s1. The van der Waals surface area contributed by atoms with Crippen molar-refractivity contribution < 1.29 is 9.90 Å². The van der Waals surface area contributed by atoms with Crippen LogP contribution in [-0.2, 0) is 11.2 Å². The number of carbonyl (C=O) groups is 1. The van der Waals surface area contributed by atoms with Crippen molar-refractivity contribution in [2.24, 2.45) is 0 Å². The van der Waals surface area contributed by atoms with Crippen molar-refractivity contribution in [2.45, 2.75) is 52.5 Å². The lowest BCUT2D eigenvalue weighted by atomic mass is 9.98. The number of nitrogen functional groups attached to an aromatic ring is 1. The molecule has 0 unspecified atom stereocenters. The molecule has 1 amide bonds. The molecule has 0 aliphatic carbocycles. The largest absolute Gasteiger partial charge is 0.396 e. The fourth-order valence-corrected chi connectivity index (χ4v) is 4.24. The highest BCUT2D eigenvalue weighted by molar-refractivity contribution is 5.95. The summed E-state index contributed by atoms with van der Waals surface area (Å²) >= 11 is 0. The molecule has 1 saturated heterocycles. The molecule has 1 aromatic carbocycles. The fraction of sp³-hybridized carbons (Fsp3) is 0.542. The van der Waals surface area contributed by atoms with Crippen LogP contribution in [-0.4, -0.2) is 65.2 Å². The van der Waals surface area contributed by atoms with Crippen molar-refractivity contribution in [3.05, 3.63) is 40.6 Å². The lowest BCUT2D eigenvalue weighted by Gasteiger charge is -2.32. The van der Waals surface area contributed by atoms with Crippen LogP contribution in [0.1, 0.15) is 48.6 Å². The molecule has 1 aliphatic heterocycles. The molecule has 8 heteroatoms. The number of nitrogens with zero attached hydrogens (tertiary/aromatic N) is 4. The highest BCUT2D eigenvalue weighted by Crippen LogP contribution is 2.27. The first-order valence-corrected chi connectivity index (χ1v) is 11.4. The molecule has 0 radical (unpaired) electrons. The molecule has 2 heterocycles. The van der Waals surface area contributed by atoms with E-state index >= 15 is 0 Å². The van der Waals surface area contributed by atoms with Crippen LogP contribution < -0.4 is 16.0 Å².